The molecule has 3 atom stereocenters. The molecule has 2 saturated carbocycles. The van der Waals surface area contributed by atoms with Gasteiger partial charge in [0.25, 0.3) is 0 Å². The van der Waals surface area contributed by atoms with E-state index in [2.05, 4.69) is 43.6 Å². The van der Waals surface area contributed by atoms with Crippen LogP contribution in [0.1, 0.15) is 78.6 Å². The molecule has 0 amide bonds. The Morgan fingerprint density at radius 3 is 2.52 bits per heavy atom. The minimum absolute atomic E-state index is 0.0317. The second-order valence-corrected chi connectivity index (χ2v) is 11.1. The molecule has 2 unspecified atom stereocenters. The van der Waals surface area contributed by atoms with Crippen LogP contribution in [-0.2, 0) is 9.47 Å². The van der Waals surface area contributed by atoms with Gasteiger partial charge in [0, 0.05) is 11.8 Å². The molecule has 0 bridgehead atoms. The Morgan fingerprint density at radius 2 is 1.76 bits per heavy atom. The zero-order chi connectivity index (χ0) is 20.2. The molecule has 3 heteroatoms. The third kappa shape index (κ3) is 2.97. The number of hydrogen-bond donors (Lipinski definition) is 0. The van der Waals surface area contributed by atoms with Crippen LogP contribution in [0.2, 0.25) is 0 Å². The van der Waals surface area contributed by atoms with Crippen LogP contribution in [0.15, 0.2) is 11.6 Å². The molecule has 3 nitrogen and oxygen atoms in total. The molecule has 0 aromatic rings. The Balaban J connectivity index is 1.46. The first kappa shape index (κ1) is 20.1. The standard InChI is InChI=1S/C26H39NO2/c1-23(2)21-10-13-25(12-8-18-27-16-6-7-17-27)11-5-4-9-22(25)24(21,3)14-15-26(23)28-19-20-29-26/h9,21H,4-7,10-11,13-20H2,1-3H3/t21?,24?,25-/m0/s1. The second-order valence-electron chi connectivity index (χ2n) is 11.1. The van der Waals surface area contributed by atoms with Gasteiger partial charge >= 0.3 is 0 Å². The average molecular weight is 398 g/mol. The summed E-state index contributed by atoms with van der Waals surface area (Å²) < 4.78 is 12.6. The van der Waals surface area contributed by atoms with Crippen molar-refractivity contribution in [1.82, 2.24) is 4.90 Å². The van der Waals surface area contributed by atoms with Gasteiger partial charge in [-0.1, -0.05) is 38.7 Å². The van der Waals surface area contributed by atoms with Gasteiger partial charge in [0.15, 0.2) is 5.79 Å². The summed E-state index contributed by atoms with van der Waals surface area (Å²) in [5.74, 6) is 7.77. The molecule has 0 N–H and O–H groups in total. The van der Waals surface area contributed by atoms with Gasteiger partial charge < -0.3 is 9.47 Å². The van der Waals surface area contributed by atoms with Crippen molar-refractivity contribution in [3.05, 3.63) is 11.6 Å². The van der Waals surface area contributed by atoms with Crippen molar-refractivity contribution in [3.63, 3.8) is 0 Å². The number of hydrogen-bond acceptors (Lipinski definition) is 3. The minimum Gasteiger partial charge on any atom is -0.347 e. The summed E-state index contributed by atoms with van der Waals surface area (Å²) in [6, 6.07) is 0. The van der Waals surface area contributed by atoms with E-state index in [4.69, 9.17) is 9.47 Å². The van der Waals surface area contributed by atoms with Gasteiger partial charge in [-0.15, -0.1) is 0 Å². The fraction of sp³-hybridized carbons (Fsp3) is 0.846. The zero-order valence-corrected chi connectivity index (χ0v) is 18.8. The highest BCUT2D eigenvalue weighted by molar-refractivity contribution is 5.39. The number of nitrogens with zero attached hydrogens (tertiary/aromatic N) is 1. The monoisotopic (exact) mass is 397 g/mol. The van der Waals surface area contributed by atoms with E-state index < -0.39 is 0 Å². The van der Waals surface area contributed by atoms with Crippen molar-refractivity contribution >= 4 is 0 Å². The Kier molecular flexibility index (Phi) is 4.93. The summed E-state index contributed by atoms with van der Waals surface area (Å²) in [6.45, 7) is 12.3. The van der Waals surface area contributed by atoms with Gasteiger partial charge in [-0.05, 0) is 81.4 Å². The van der Waals surface area contributed by atoms with Crippen molar-refractivity contribution in [2.45, 2.75) is 84.3 Å². The lowest BCUT2D eigenvalue weighted by Gasteiger charge is -2.64. The molecule has 4 fully saturated rings. The lowest BCUT2D eigenvalue weighted by Crippen LogP contribution is -2.61. The normalized spacial score (nSPS) is 40.7. The maximum Gasteiger partial charge on any atom is 0.173 e. The van der Waals surface area contributed by atoms with Crippen LogP contribution >= 0.6 is 0 Å². The van der Waals surface area contributed by atoms with Crippen molar-refractivity contribution in [2.75, 3.05) is 32.8 Å². The van der Waals surface area contributed by atoms with E-state index in [0.29, 0.717) is 5.92 Å². The molecule has 5 aliphatic rings. The van der Waals surface area contributed by atoms with E-state index >= 15 is 0 Å². The lowest BCUT2D eigenvalue weighted by molar-refractivity contribution is -0.284. The van der Waals surface area contributed by atoms with Gasteiger partial charge in [-0.2, -0.15) is 0 Å². The Labute approximate surface area is 177 Å². The smallest absolute Gasteiger partial charge is 0.173 e. The van der Waals surface area contributed by atoms with Crippen molar-refractivity contribution in [3.8, 4) is 11.8 Å². The van der Waals surface area contributed by atoms with Crippen LogP contribution in [0, 0.1) is 34.0 Å². The number of allylic oxidation sites excluding steroid dienone is 2. The van der Waals surface area contributed by atoms with Crippen LogP contribution in [0.4, 0.5) is 0 Å². The van der Waals surface area contributed by atoms with E-state index in [1.54, 1.807) is 5.57 Å². The zero-order valence-electron chi connectivity index (χ0n) is 18.8. The Morgan fingerprint density at radius 1 is 1.00 bits per heavy atom. The van der Waals surface area contributed by atoms with Crippen LogP contribution in [0.3, 0.4) is 0 Å². The fourth-order valence-electron chi connectivity index (χ4n) is 7.82. The molecule has 160 valence electrons. The molecular weight excluding hydrogens is 358 g/mol. The first-order valence-electron chi connectivity index (χ1n) is 12.1. The highest BCUT2D eigenvalue weighted by atomic mass is 16.7. The molecule has 3 aliphatic carbocycles. The topological polar surface area (TPSA) is 21.7 Å². The number of fused-ring (bicyclic) bond motifs is 3. The SMILES string of the molecule is CC12CCC3(OCCO3)C(C)(C)C1CC[C@@]1(C#CCN3CCCC3)CCCC=C21. The van der Waals surface area contributed by atoms with Gasteiger partial charge in [0.05, 0.1) is 25.2 Å². The molecule has 2 aliphatic heterocycles. The van der Waals surface area contributed by atoms with Gasteiger partial charge in [-0.25, -0.2) is 0 Å². The number of rotatable bonds is 1. The average Bonchev–Trinajstić information content (AvgIpc) is 3.39. The maximum atomic E-state index is 6.30. The lowest BCUT2D eigenvalue weighted by atomic mass is 9.43. The highest BCUT2D eigenvalue weighted by Gasteiger charge is 2.65. The summed E-state index contributed by atoms with van der Waals surface area (Å²) >= 11 is 0. The summed E-state index contributed by atoms with van der Waals surface area (Å²) in [4.78, 5) is 2.53. The van der Waals surface area contributed by atoms with E-state index in [1.165, 1.54) is 64.5 Å². The van der Waals surface area contributed by atoms with E-state index in [-0.39, 0.29) is 22.0 Å². The van der Waals surface area contributed by atoms with Gasteiger partial charge in [0.2, 0.25) is 0 Å². The number of likely N-dealkylation sites (tertiary alicyclic amines) is 1. The van der Waals surface area contributed by atoms with E-state index in [9.17, 15) is 0 Å². The summed E-state index contributed by atoms with van der Waals surface area (Å²) in [5.41, 5.74) is 2.07. The summed E-state index contributed by atoms with van der Waals surface area (Å²) in [6.07, 6.45) is 13.7. The third-order valence-electron chi connectivity index (χ3n) is 9.32. The first-order valence-corrected chi connectivity index (χ1v) is 12.1. The van der Waals surface area contributed by atoms with Crippen molar-refractivity contribution in [2.24, 2.45) is 22.2 Å². The van der Waals surface area contributed by atoms with Gasteiger partial charge in [-0.3, -0.25) is 4.90 Å². The molecule has 0 aromatic carbocycles. The largest absolute Gasteiger partial charge is 0.347 e. The minimum atomic E-state index is -0.367. The molecule has 29 heavy (non-hydrogen) atoms. The third-order valence-corrected chi connectivity index (χ3v) is 9.32. The molecule has 2 saturated heterocycles. The molecule has 0 aromatic heterocycles. The van der Waals surface area contributed by atoms with Crippen LogP contribution in [-0.4, -0.2) is 43.5 Å². The van der Waals surface area contributed by atoms with E-state index in [1.807, 2.05) is 0 Å². The molecule has 0 radical (unpaired) electrons. The van der Waals surface area contributed by atoms with Crippen molar-refractivity contribution in [1.29, 1.82) is 0 Å². The predicted molar refractivity (Wildman–Crippen MR) is 116 cm³/mol. The quantitative estimate of drug-likeness (QED) is 0.450. The summed E-state index contributed by atoms with van der Waals surface area (Å²) in [5, 5.41) is 0. The molecule has 2 heterocycles. The molecular formula is C26H39NO2. The Hall–Kier alpha value is -0.820. The highest BCUT2D eigenvalue weighted by Crippen LogP contribution is 2.68. The summed E-state index contributed by atoms with van der Waals surface area (Å²) in [7, 11) is 0. The maximum absolute atomic E-state index is 6.30. The second kappa shape index (κ2) is 7.11. The van der Waals surface area contributed by atoms with E-state index in [0.717, 1.165) is 26.2 Å². The fourth-order valence-corrected chi connectivity index (χ4v) is 7.82. The van der Waals surface area contributed by atoms with Crippen LogP contribution in [0.25, 0.3) is 0 Å². The van der Waals surface area contributed by atoms with Crippen molar-refractivity contribution < 1.29 is 9.47 Å². The molecule has 5 rings (SSSR count). The van der Waals surface area contributed by atoms with Crippen LogP contribution in [0.5, 0.6) is 0 Å². The van der Waals surface area contributed by atoms with Crippen LogP contribution < -0.4 is 0 Å². The first-order chi connectivity index (χ1) is 13.9. The molecule has 1 spiro atoms. The number of ether oxygens (including phenoxy) is 2. The predicted octanol–water partition coefficient (Wildman–Crippen LogP) is 5.16. The Bertz CT molecular complexity index is 732. The van der Waals surface area contributed by atoms with Gasteiger partial charge in [0.1, 0.15) is 0 Å².